The molecule has 0 N–H and O–H groups in total. The van der Waals surface area contributed by atoms with Crippen LogP contribution in [-0.2, 0) is 23.1 Å². The Bertz CT molecular complexity index is 1420. The van der Waals surface area contributed by atoms with Crippen LogP contribution in [0.15, 0.2) is 39.9 Å². The third-order valence-electron chi connectivity index (χ3n) is 5.82. The molecule has 31 heavy (non-hydrogen) atoms. The summed E-state index contributed by atoms with van der Waals surface area (Å²) >= 11 is 0. The molecule has 3 heterocycles. The molecule has 9 heteroatoms. The van der Waals surface area contributed by atoms with Crippen molar-refractivity contribution >= 4 is 22.9 Å². The number of hydrogen-bond acceptors (Lipinski definition) is 5. The maximum absolute atomic E-state index is 13.3. The maximum atomic E-state index is 13.3. The van der Waals surface area contributed by atoms with E-state index >= 15 is 0 Å². The van der Waals surface area contributed by atoms with Crippen LogP contribution in [0.4, 0.5) is 0 Å². The molecule has 0 bridgehead atoms. The lowest BCUT2D eigenvalue weighted by Gasteiger charge is -2.16. The van der Waals surface area contributed by atoms with Gasteiger partial charge in [-0.15, -0.1) is 0 Å². The van der Waals surface area contributed by atoms with Crippen LogP contribution in [-0.4, -0.2) is 35.7 Å². The predicted molar refractivity (Wildman–Crippen MR) is 117 cm³/mol. The number of esters is 1. The first kappa shape index (κ1) is 20.6. The summed E-state index contributed by atoms with van der Waals surface area (Å²) < 4.78 is 11.0. The molecule has 4 rings (SSSR count). The number of rotatable bonds is 5. The molecular formula is C22H25N5O4. The molecule has 3 aromatic heterocycles. The molecule has 0 saturated carbocycles. The molecule has 0 radical (unpaired) electrons. The van der Waals surface area contributed by atoms with E-state index in [-0.39, 0.29) is 23.8 Å². The molecule has 0 aliphatic rings. The van der Waals surface area contributed by atoms with Crippen LogP contribution in [0.3, 0.4) is 0 Å². The summed E-state index contributed by atoms with van der Waals surface area (Å²) in [7, 11) is 1.55. The zero-order chi connectivity index (χ0) is 22.4. The Labute approximate surface area is 178 Å². The summed E-state index contributed by atoms with van der Waals surface area (Å²) in [5, 5.41) is 0. The van der Waals surface area contributed by atoms with Gasteiger partial charge in [0.05, 0.1) is 12.6 Å². The zero-order valence-electron chi connectivity index (χ0n) is 18.2. The van der Waals surface area contributed by atoms with E-state index in [2.05, 4.69) is 16.5 Å². The van der Waals surface area contributed by atoms with Gasteiger partial charge >= 0.3 is 11.7 Å². The number of aromatic nitrogens is 5. The van der Waals surface area contributed by atoms with Crippen molar-refractivity contribution in [2.75, 3.05) is 6.61 Å². The summed E-state index contributed by atoms with van der Waals surface area (Å²) in [5.41, 5.74) is 2.28. The van der Waals surface area contributed by atoms with Crippen molar-refractivity contribution in [3.05, 3.63) is 68.1 Å². The van der Waals surface area contributed by atoms with Gasteiger partial charge in [-0.05, 0) is 33.3 Å². The largest absolute Gasteiger partial charge is 0.465 e. The SMILES string of the molecule is CCOC(=O)Cn1c(=O)c2c(nc3n([C@@H](C)c4ccccc4)c(C)c(C)n23)n(C)c1=O. The van der Waals surface area contributed by atoms with Gasteiger partial charge in [-0.1, -0.05) is 30.3 Å². The summed E-state index contributed by atoms with van der Waals surface area (Å²) in [5.74, 6) is -0.0627. The molecule has 0 unspecified atom stereocenters. The van der Waals surface area contributed by atoms with Crippen LogP contribution < -0.4 is 11.2 Å². The van der Waals surface area contributed by atoms with Gasteiger partial charge in [0, 0.05) is 18.4 Å². The van der Waals surface area contributed by atoms with E-state index in [9.17, 15) is 14.4 Å². The van der Waals surface area contributed by atoms with Crippen LogP contribution in [0.1, 0.15) is 36.8 Å². The average Bonchev–Trinajstić information content (AvgIpc) is 3.25. The van der Waals surface area contributed by atoms with Crippen LogP contribution in [0.25, 0.3) is 16.9 Å². The number of benzene rings is 1. The minimum absolute atomic E-state index is 0.0343. The summed E-state index contributed by atoms with van der Waals surface area (Å²) in [6.45, 7) is 7.37. The number of aryl methyl sites for hydroxylation is 2. The Morgan fingerprint density at radius 3 is 2.45 bits per heavy atom. The lowest BCUT2D eigenvalue weighted by atomic mass is 10.1. The van der Waals surface area contributed by atoms with E-state index in [1.165, 1.54) is 4.57 Å². The molecule has 0 aliphatic carbocycles. The molecule has 162 valence electrons. The van der Waals surface area contributed by atoms with E-state index in [0.717, 1.165) is 21.5 Å². The minimum atomic E-state index is -0.634. The smallest absolute Gasteiger partial charge is 0.333 e. The second-order valence-electron chi connectivity index (χ2n) is 7.58. The van der Waals surface area contributed by atoms with E-state index in [4.69, 9.17) is 4.74 Å². The summed E-state index contributed by atoms with van der Waals surface area (Å²) in [6.07, 6.45) is 0. The van der Waals surface area contributed by atoms with E-state index in [1.54, 1.807) is 18.4 Å². The van der Waals surface area contributed by atoms with Crippen molar-refractivity contribution in [1.29, 1.82) is 0 Å². The van der Waals surface area contributed by atoms with Gasteiger partial charge in [-0.3, -0.25) is 18.6 Å². The molecular weight excluding hydrogens is 398 g/mol. The Morgan fingerprint density at radius 2 is 1.81 bits per heavy atom. The molecule has 0 amide bonds. The molecule has 1 aromatic carbocycles. The van der Waals surface area contributed by atoms with Gasteiger partial charge < -0.3 is 9.30 Å². The monoisotopic (exact) mass is 423 g/mol. The van der Waals surface area contributed by atoms with Gasteiger partial charge in [0.25, 0.3) is 5.56 Å². The number of hydrogen-bond donors (Lipinski definition) is 0. The van der Waals surface area contributed by atoms with Crippen molar-refractivity contribution in [3.63, 3.8) is 0 Å². The fourth-order valence-corrected chi connectivity index (χ4v) is 4.09. The van der Waals surface area contributed by atoms with Gasteiger partial charge in [-0.2, -0.15) is 4.98 Å². The van der Waals surface area contributed by atoms with Crippen molar-refractivity contribution in [2.24, 2.45) is 7.05 Å². The summed E-state index contributed by atoms with van der Waals surface area (Å²) in [6, 6.07) is 9.98. The van der Waals surface area contributed by atoms with Crippen molar-refractivity contribution < 1.29 is 9.53 Å². The molecule has 0 saturated heterocycles. The summed E-state index contributed by atoms with van der Waals surface area (Å²) in [4.78, 5) is 42.8. The molecule has 0 aliphatic heterocycles. The number of ether oxygens (including phenoxy) is 1. The first-order chi connectivity index (χ1) is 14.8. The van der Waals surface area contributed by atoms with Crippen LogP contribution >= 0.6 is 0 Å². The molecule has 4 aromatic rings. The second kappa shape index (κ2) is 7.57. The number of carbonyl (C=O) groups excluding carboxylic acids is 1. The number of nitrogens with zero attached hydrogens (tertiary/aromatic N) is 5. The average molecular weight is 423 g/mol. The number of fused-ring (bicyclic) bond motifs is 3. The number of imidazole rings is 2. The zero-order valence-corrected chi connectivity index (χ0v) is 18.2. The fourth-order valence-electron chi connectivity index (χ4n) is 4.09. The maximum Gasteiger partial charge on any atom is 0.333 e. The van der Waals surface area contributed by atoms with Crippen molar-refractivity contribution in [2.45, 2.75) is 40.3 Å². The van der Waals surface area contributed by atoms with Crippen molar-refractivity contribution in [1.82, 2.24) is 23.1 Å². The molecule has 0 spiro atoms. The third kappa shape index (κ3) is 3.08. The Hall–Kier alpha value is -3.62. The fraction of sp³-hybridized carbons (Fsp3) is 0.364. The normalized spacial score (nSPS) is 12.5. The van der Waals surface area contributed by atoms with E-state index in [1.807, 2.05) is 44.2 Å². The highest BCUT2D eigenvalue weighted by Crippen LogP contribution is 2.27. The van der Waals surface area contributed by atoms with Gasteiger partial charge in [0.1, 0.15) is 6.54 Å². The van der Waals surface area contributed by atoms with Gasteiger partial charge in [0.15, 0.2) is 11.2 Å². The van der Waals surface area contributed by atoms with Crippen LogP contribution in [0.2, 0.25) is 0 Å². The molecule has 9 nitrogen and oxygen atoms in total. The van der Waals surface area contributed by atoms with Gasteiger partial charge in [-0.25, -0.2) is 9.36 Å². The topological polar surface area (TPSA) is 92.5 Å². The first-order valence-corrected chi connectivity index (χ1v) is 10.2. The quantitative estimate of drug-likeness (QED) is 0.458. The highest BCUT2D eigenvalue weighted by atomic mass is 16.5. The van der Waals surface area contributed by atoms with E-state index < -0.39 is 23.8 Å². The molecule has 0 fully saturated rings. The lowest BCUT2D eigenvalue weighted by molar-refractivity contribution is -0.143. The second-order valence-corrected chi connectivity index (χ2v) is 7.58. The molecule has 1 atom stereocenters. The lowest BCUT2D eigenvalue weighted by Crippen LogP contribution is -2.41. The minimum Gasteiger partial charge on any atom is -0.465 e. The first-order valence-electron chi connectivity index (χ1n) is 10.2. The highest BCUT2D eigenvalue weighted by molar-refractivity contribution is 5.77. The Morgan fingerprint density at radius 1 is 1.13 bits per heavy atom. The number of carbonyl (C=O) groups is 1. The van der Waals surface area contributed by atoms with Gasteiger partial charge in [0.2, 0.25) is 5.78 Å². The van der Waals surface area contributed by atoms with Crippen molar-refractivity contribution in [3.8, 4) is 0 Å². The van der Waals surface area contributed by atoms with Crippen LogP contribution in [0.5, 0.6) is 0 Å². The third-order valence-corrected chi connectivity index (χ3v) is 5.82. The Kier molecular flexibility index (Phi) is 5.04. The highest BCUT2D eigenvalue weighted by Gasteiger charge is 2.25. The Balaban J connectivity index is 2.03. The van der Waals surface area contributed by atoms with Crippen LogP contribution in [0, 0.1) is 13.8 Å². The van der Waals surface area contributed by atoms with E-state index in [0.29, 0.717) is 5.78 Å². The standard InChI is InChI=1S/C22H25N5O4/c1-6-31-17(28)12-25-20(29)18-19(24(5)22(25)30)23-21-26(13(2)14(3)27(18)21)15(4)16-10-8-7-9-11-16/h7-11,15H,6,12H2,1-5H3/t15-/m0/s1. The predicted octanol–water partition coefficient (Wildman–Crippen LogP) is 1.94.